The highest BCUT2D eigenvalue weighted by Gasteiger charge is 2.37. The van der Waals surface area contributed by atoms with Gasteiger partial charge in [0, 0.05) is 22.0 Å². The number of rotatable bonds is 5. The zero-order valence-electron chi connectivity index (χ0n) is 18.8. The van der Waals surface area contributed by atoms with Crippen LogP contribution in [0.3, 0.4) is 0 Å². The van der Waals surface area contributed by atoms with Crippen LogP contribution in [0, 0.1) is 5.92 Å². The third kappa shape index (κ3) is 6.16. The van der Waals surface area contributed by atoms with Gasteiger partial charge in [-0.25, -0.2) is 4.79 Å². The van der Waals surface area contributed by atoms with E-state index in [2.05, 4.69) is 15.6 Å². The molecule has 174 valence electrons. The van der Waals surface area contributed by atoms with Crippen molar-refractivity contribution in [3.63, 3.8) is 0 Å². The number of benzene rings is 1. The molecule has 3 rings (SSSR count). The number of aromatic amines is 1. The van der Waals surface area contributed by atoms with Gasteiger partial charge in [0.15, 0.2) is 0 Å². The summed E-state index contributed by atoms with van der Waals surface area (Å²) in [6.07, 6.45) is 0.831. The van der Waals surface area contributed by atoms with Gasteiger partial charge in [-0.05, 0) is 71.2 Å². The molecule has 3 N–H and O–H groups in total. The van der Waals surface area contributed by atoms with Crippen molar-refractivity contribution in [2.45, 2.75) is 64.6 Å². The number of fused-ring (bicyclic) bond motifs is 1. The summed E-state index contributed by atoms with van der Waals surface area (Å²) in [6.45, 7) is 7.38. The summed E-state index contributed by atoms with van der Waals surface area (Å²) in [5.74, 6) is -0.938. The smallest absolute Gasteiger partial charge is 0.407 e. The minimum absolute atomic E-state index is 0.291. The number of hydrogen-bond acceptors (Lipinski definition) is 5. The Morgan fingerprint density at radius 3 is 2.56 bits per heavy atom. The topological polar surface area (TPSA) is 110 Å². The lowest BCUT2D eigenvalue weighted by atomic mass is 9.82. The summed E-state index contributed by atoms with van der Waals surface area (Å²) in [4.78, 5) is 40.7. The Morgan fingerprint density at radius 1 is 1.12 bits per heavy atom. The Hall–Kier alpha value is -2.74. The van der Waals surface area contributed by atoms with Gasteiger partial charge in [-0.1, -0.05) is 11.6 Å². The summed E-state index contributed by atoms with van der Waals surface area (Å²) in [7, 11) is 0. The van der Waals surface area contributed by atoms with E-state index in [9.17, 15) is 14.4 Å². The minimum atomic E-state index is -0.663. The molecule has 9 heteroatoms. The second kappa shape index (κ2) is 9.81. The van der Waals surface area contributed by atoms with Crippen molar-refractivity contribution in [1.82, 2.24) is 15.6 Å². The summed E-state index contributed by atoms with van der Waals surface area (Å²) >= 11 is 6.03. The molecule has 1 fully saturated rings. The van der Waals surface area contributed by atoms with E-state index in [0.717, 1.165) is 10.9 Å². The number of ether oxygens (including phenoxy) is 2. The highest BCUT2D eigenvalue weighted by atomic mass is 35.5. The number of hydrogen-bond donors (Lipinski definition) is 3. The third-order valence-corrected chi connectivity index (χ3v) is 5.55. The Bertz CT molecular complexity index is 997. The van der Waals surface area contributed by atoms with Crippen molar-refractivity contribution in [3.05, 3.63) is 35.0 Å². The lowest BCUT2D eigenvalue weighted by Gasteiger charge is -2.36. The number of carbonyl (C=O) groups is 3. The Labute approximate surface area is 192 Å². The molecule has 1 aliphatic rings. The van der Waals surface area contributed by atoms with Gasteiger partial charge >= 0.3 is 12.1 Å². The first-order chi connectivity index (χ1) is 15.1. The largest absolute Gasteiger partial charge is 0.466 e. The van der Waals surface area contributed by atoms with E-state index in [0.29, 0.717) is 36.6 Å². The van der Waals surface area contributed by atoms with E-state index in [1.165, 1.54) is 0 Å². The number of nitrogens with one attached hydrogen (secondary N) is 3. The zero-order chi connectivity index (χ0) is 23.5. The molecule has 1 aromatic carbocycles. The van der Waals surface area contributed by atoms with Crippen LogP contribution in [-0.4, -0.2) is 47.2 Å². The lowest BCUT2D eigenvalue weighted by molar-refractivity contribution is -0.149. The molecule has 1 aliphatic carbocycles. The highest BCUT2D eigenvalue weighted by molar-refractivity contribution is 6.31. The fourth-order valence-corrected chi connectivity index (χ4v) is 4.09. The molecular weight excluding hydrogens is 434 g/mol. The van der Waals surface area contributed by atoms with Crippen LogP contribution in [0.1, 0.15) is 57.4 Å². The van der Waals surface area contributed by atoms with Crippen molar-refractivity contribution in [2.24, 2.45) is 5.92 Å². The minimum Gasteiger partial charge on any atom is -0.466 e. The maximum atomic E-state index is 12.9. The fourth-order valence-electron chi connectivity index (χ4n) is 3.91. The molecule has 0 saturated heterocycles. The first-order valence-electron chi connectivity index (χ1n) is 10.8. The zero-order valence-corrected chi connectivity index (χ0v) is 19.5. The van der Waals surface area contributed by atoms with Gasteiger partial charge in [-0.15, -0.1) is 0 Å². The van der Waals surface area contributed by atoms with E-state index in [1.54, 1.807) is 45.9 Å². The SMILES string of the molecule is CCOC(=O)C1CCC(NC(=O)c2cc3cc(Cl)ccc3[nH]2)C(NC(=O)OC(C)(C)C)C1. The first-order valence-corrected chi connectivity index (χ1v) is 11.2. The molecule has 8 nitrogen and oxygen atoms in total. The van der Waals surface area contributed by atoms with Crippen molar-refractivity contribution >= 4 is 40.5 Å². The normalized spacial score (nSPS) is 21.1. The number of H-pyrrole nitrogens is 1. The molecular formula is C23H30ClN3O5. The van der Waals surface area contributed by atoms with Gasteiger partial charge in [0.05, 0.1) is 18.6 Å². The van der Waals surface area contributed by atoms with Crippen LogP contribution in [0.2, 0.25) is 5.02 Å². The van der Waals surface area contributed by atoms with Crippen LogP contribution in [0.4, 0.5) is 4.79 Å². The van der Waals surface area contributed by atoms with Gasteiger partial charge < -0.3 is 25.1 Å². The maximum absolute atomic E-state index is 12.9. The summed E-state index contributed by atoms with van der Waals surface area (Å²) in [6, 6.07) is 6.23. The number of esters is 1. The maximum Gasteiger partial charge on any atom is 0.407 e. The van der Waals surface area contributed by atoms with Crippen LogP contribution in [-0.2, 0) is 14.3 Å². The summed E-state index contributed by atoms with van der Waals surface area (Å²) in [5, 5.41) is 7.24. The molecule has 1 aromatic heterocycles. The van der Waals surface area contributed by atoms with Gasteiger partial charge in [0.25, 0.3) is 5.91 Å². The Balaban J connectivity index is 1.74. The molecule has 2 amide bonds. The first kappa shape index (κ1) is 23.9. The van der Waals surface area contributed by atoms with Crippen LogP contribution >= 0.6 is 11.6 Å². The van der Waals surface area contributed by atoms with Crippen LogP contribution < -0.4 is 10.6 Å². The van der Waals surface area contributed by atoms with Crippen molar-refractivity contribution in [1.29, 1.82) is 0 Å². The Kier molecular flexibility index (Phi) is 7.33. The molecule has 0 spiro atoms. The second-order valence-electron chi connectivity index (χ2n) is 9.01. The number of halogens is 1. The molecule has 1 saturated carbocycles. The molecule has 0 radical (unpaired) electrons. The van der Waals surface area contributed by atoms with E-state index >= 15 is 0 Å². The number of alkyl carbamates (subject to hydrolysis) is 1. The van der Waals surface area contributed by atoms with E-state index in [4.69, 9.17) is 21.1 Å². The van der Waals surface area contributed by atoms with Crippen molar-refractivity contribution in [3.8, 4) is 0 Å². The molecule has 3 unspecified atom stereocenters. The van der Waals surface area contributed by atoms with Crippen LogP contribution in [0.15, 0.2) is 24.3 Å². The average Bonchev–Trinajstić information content (AvgIpc) is 3.11. The average molecular weight is 464 g/mol. The van der Waals surface area contributed by atoms with E-state index < -0.39 is 17.7 Å². The van der Waals surface area contributed by atoms with Crippen LogP contribution in [0.25, 0.3) is 10.9 Å². The number of carbonyl (C=O) groups excluding carboxylic acids is 3. The van der Waals surface area contributed by atoms with E-state index in [-0.39, 0.29) is 23.8 Å². The summed E-state index contributed by atoms with van der Waals surface area (Å²) in [5.41, 5.74) is 0.531. The highest BCUT2D eigenvalue weighted by Crippen LogP contribution is 2.27. The molecule has 0 aliphatic heterocycles. The van der Waals surface area contributed by atoms with Gasteiger partial charge in [-0.3, -0.25) is 9.59 Å². The standard InChI is InChI=1S/C23H30ClN3O5/c1-5-31-21(29)13-6-8-17(18(11-13)27-22(30)32-23(2,3)4)26-20(28)19-12-14-10-15(24)7-9-16(14)25-19/h7,9-10,12-13,17-18,25H,5-6,8,11H2,1-4H3,(H,26,28)(H,27,30). The second-order valence-corrected chi connectivity index (χ2v) is 9.45. The molecule has 32 heavy (non-hydrogen) atoms. The van der Waals surface area contributed by atoms with Gasteiger partial charge in [0.2, 0.25) is 0 Å². The quantitative estimate of drug-likeness (QED) is 0.576. The predicted molar refractivity (Wildman–Crippen MR) is 122 cm³/mol. The molecule has 1 heterocycles. The van der Waals surface area contributed by atoms with Gasteiger partial charge in [-0.2, -0.15) is 0 Å². The molecule has 2 aromatic rings. The Morgan fingerprint density at radius 2 is 1.88 bits per heavy atom. The number of amides is 2. The van der Waals surface area contributed by atoms with Crippen LogP contribution in [0.5, 0.6) is 0 Å². The van der Waals surface area contributed by atoms with E-state index in [1.807, 2.05) is 6.07 Å². The number of aromatic nitrogens is 1. The monoisotopic (exact) mass is 463 g/mol. The van der Waals surface area contributed by atoms with Gasteiger partial charge in [0.1, 0.15) is 11.3 Å². The third-order valence-electron chi connectivity index (χ3n) is 5.32. The van der Waals surface area contributed by atoms with Crippen molar-refractivity contribution in [2.75, 3.05) is 6.61 Å². The van der Waals surface area contributed by atoms with Crippen molar-refractivity contribution < 1.29 is 23.9 Å². The summed E-state index contributed by atoms with van der Waals surface area (Å²) < 4.78 is 10.5. The lowest BCUT2D eigenvalue weighted by Crippen LogP contribution is -2.56. The fraction of sp³-hybridized carbons (Fsp3) is 0.522. The molecule has 3 atom stereocenters. The molecule has 0 bridgehead atoms. The predicted octanol–water partition coefficient (Wildman–Crippen LogP) is 4.18.